The SMILES string of the molecule is CCCNC(=O)[C@H](CC)N(Cc1ccc(Cl)cc1)C(=O)CSCc1cccc(Cl)c1. The van der Waals surface area contributed by atoms with Gasteiger partial charge in [-0.25, -0.2) is 0 Å². The number of carbonyl (C=O) groups excluding carboxylic acids is 2. The molecule has 0 saturated heterocycles. The summed E-state index contributed by atoms with van der Waals surface area (Å²) in [6, 6.07) is 14.5. The maximum atomic E-state index is 13.1. The summed E-state index contributed by atoms with van der Waals surface area (Å²) in [5.74, 6) is 0.800. The fourth-order valence-electron chi connectivity index (χ4n) is 3.04. The van der Waals surface area contributed by atoms with E-state index in [1.165, 1.54) is 11.8 Å². The zero-order valence-corrected chi connectivity index (χ0v) is 19.7. The highest BCUT2D eigenvalue weighted by molar-refractivity contribution is 7.99. The predicted molar refractivity (Wildman–Crippen MR) is 127 cm³/mol. The van der Waals surface area contributed by atoms with Crippen molar-refractivity contribution in [2.24, 2.45) is 0 Å². The van der Waals surface area contributed by atoms with Gasteiger partial charge in [-0.2, -0.15) is 0 Å². The fourth-order valence-corrected chi connectivity index (χ4v) is 4.23. The second kappa shape index (κ2) is 12.9. The van der Waals surface area contributed by atoms with Gasteiger partial charge in [-0.15, -0.1) is 11.8 Å². The van der Waals surface area contributed by atoms with Crippen molar-refractivity contribution >= 4 is 46.8 Å². The highest BCUT2D eigenvalue weighted by Crippen LogP contribution is 2.20. The number of amides is 2. The first-order valence-electron chi connectivity index (χ1n) is 10.1. The van der Waals surface area contributed by atoms with E-state index in [9.17, 15) is 9.59 Å². The van der Waals surface area contributed by atoms with Crippen LogP contribution in [0.1, 0.15) is 37.8 Å². The van der Waals surface area contributed by atoms with E-state index in [-0.39, 0.29) is 17.6 Å². The lowest BCUT2D eigenvalue weighted by molar-refractivity contribution is -0.139. The number of hydrogen-bond donors (Lipinski definition) is 1. The van der Waals surface area contributed by atoms with Gasteiger partial charge in [0, 0.05) is 28.9 Å². The molecule has 2 amide bonds. The molecule has 2 aromatic carbocycles. The van der Waals surface area contributed by atoms with E-state index in [0.717, 1.165) is 17.5 Å². The highest BCUT2D eigenvalue weighted by Gasteiger charge is 2.28. The number of carbonyl (C=O) groups is 2. The monoisotopic (exact) mass is 466 g/mol. The van der Waals surface area contributed by atoms with Gasteiger partial charge in [0.2, 0.25) is 11.8 Å². The largest absolute Gasteiger partial charge is 0.354 e. The molecule has 0 aliphatic rings. The molecule has 0 bridgehead atoms. The third-order valence-corrected chi connectivity index (χ3v) is 6.06. The van der Waals surface area contributed by atoms with Gasteiger partial charge < -0.3 is 10.2 Å². The summed E-state index contributed by atoms with van der Waals surface area (Å²) in [5.41, 5.74) is 2.01. The van der Waals surface area contributed by atoms with Crippen LogP contribution in [0, 0.1) is 0 Å². The lowest BCUT2D eigenvalue weighted by Crippen LogP contribution is -2.49. The van der Waals surface area contributed by atoms with Crippen LogP contribution in [-0.4, -0.2) is 35.1 Å². The van der Waals surface area contributed by atoms with E-state index in [1.54, 1.807) is 17.0 Å². The molecule has 4 nitrogen and oxygen atoms in total. The highest BCUT2D eigenvalue weighted by atomic mass is 35.5. The molecule has 7 heteroatoms. The van der Waals surface area contributed by atoms with Crippen molar-refractivity contribution in [3.05, 3.63) is 69.7 Å². The smallest absolute Gasteiger partial charge is 0.242 e. The van der Waals surface area contributed by atoms with Crippen molar-refractivity contribution in [3.8, 4) is 0 Å². The number of thioether (sulfide) groups is 1. The third-order valence-electron chi connectivity index (χ3n) is 4.58. The summed E-state index contributed by atoms with van der Waals surface area (Å²) < 4.78 is 0. The summed E-state index contributed by atoms with van der Waals surface area (Å²) in [6.45, 7) is 4.90. The topological polar surface area (TPSA) is 49.4 Å². The molecule has 0 heterocycles. The molecule has 0 fully saturated rings. The molecule has 0 aromatic heterocycles. The minimum Gasteiger partial charge on any atom is -0.354 e. The lowest BCUT2D eigenvalue weighted by atomic mass is 10.1. The molecular formula is C23H28Cl2N2O2S. The minimum absolute atomic E-state index is 0.0597. The van der Waals surface area contributed by atoms with Crippen LogP contribution in [0.4, 0.5) is 0 Å². The molecule has 0 aliphatic heterocycles. The average molecular weight is 467 g/mol. The molecule has 2 rings (SSSR count). The average Bonchev–Trinajstić information content (AvgIpc) is 2.73. The van der Waals surface area contributed by atoms with E-state index in [1.807, 2.05) is 50.2 Å². The van der Waals surface area contributed by atoms with Gasteiger partial charge in [-0.1, -0.05) is 61.3 Å². The zero-order chi connectivity index (χ0) is 21.9. The fraction of sp³-hybridized carbons (Fsp3) is 0.391. The van der Waals surface area contributed by atoms with Crippen LogP contribution in [0.25, 0.3) is 0 Å². The normalized spacial score (nSPS) is 11.7. The van der Waals surface area contributed by atoms with Crippen molar-refractivity contribution < 1.29 is 9.59 Å². The van der Waals surface area contributed by atoms with Gasteiger partial charge in [0.05, 0.1) is 5.75 Å². The van der Waals surface area contributed by atoms with E-state index < -0.39 is 6.04 Å². The molecule has 1 N–H and O–H groups in total. The maximum Gasteiger partial charge on any atom is 0.242 e. The quantitative estimate of drug-likeness (QED) is 0.471. The van der Waals surface area contributed by atoms with Crippen molar-refractivity contribution in [2.75, 3.05) is 12.3 Å². The molecule has 0 saturated carbocycles. The first kappa shape index (κ1) is 24.6. The Morgan fingerprint density at radius 3 is 2.40 bits per heavy atom. The molecule has 30 heavy (non-hydrogen) atoms. The zero-order valence-electron chi connectivity index (χ0n) is 17.4. The molecule has 0 radical (unpaired) electrons. The van der Waals surface area contributed by atoms with Crippen LogP contribution >= 0.6 is 35.0 Å². The Morgan fingerprint density at radius 1 is 1.03 bits per heavy atom. The van der Waals surface area contributed by atoms with Gasteiger partial charge in [-0.3, -0.25) is 9.59 Å². The van der Waals surface area contributed by atoms with Crippen LogP contribution < -0.4 is 5.32 Å². The van der Waals surface area contributed by atoms with E-state index >= 15 is 0 Å². The van der Waals surface area contributed by atoms with Crippen molar-refractivity contribution in [1.29, 1.82) is 0 Å². The molecule has 0 aliphatic carbocycles. The summed E-state index contributed by atoms with van der Waals surface area (Å²) in [6.07, 6.45) is 1.40. The van der Waals surface area contributed by atoms with E-state index in [4.69, 9.17) is 23.2 Å². The Kier molecular flexibility index (Phi) is 10.6. The van der Waals surface area contributed by atoms with Gasteiger partial charge in [0.1, 0.15) is 6.04 Å². The predicted octanol–water partition coefficient (Wildman–Crippen LogP) is 5.56. The first-order valence-corrected chi connectivity index (χ1v) is 12.0. The van der Waals surface area contributed by atoms with Crippen LogP contribution in [0.2, 0.25) is 10.0 Å². The van der Waals surface area contributed by atoms with Gasteiger partial charge in [0.15, 0.2) is 0 Å². The second-order valence-electron chi connectivity index (χ2n) is 6.99. The summed E-state index contributed by atoms with van der Waals surface area (Å²) in [7, 11) is 0. The molecule has 1 atom stereocenters. The van der Waals surface area contributed by atoms with Gasteiger partial charge in [-0.05, 0) is 48.2 Å². The lowest BCUT2D eigenvalue weighted by Gasteiger charge is -2.30. The van der Waals surface area contributed by atoms with Crippen LogP contribution in [0.15, 0.2) is 48.5 Å². The number of halogens is 2. The number of nitrogens with one attached hydrogen (secondary N) is 1. The van der Waals surface area contributed by atoms with Crippen molar-refractivity contribution in [3.63, 3.8) is 0 Å². The first-order chi connectivity index (χ1) is 14.4. The summed E-state index contributed by atoms with van der Waals surface area (Å²) in [4.78, 5) is 27.5. The Balaban J connectivity index is 2.10. The van der Waals surface area contributed by atoms with Crippen LogP contribution in [0.3, 0.4) is 0 Å². The summed E-state index contributed by atoms with van der Waals surface area (Å²) >= 11 is 13.5. The molecule has 0 spiro atoms. The molecular weight excluding hydrogens is 439 g/mol. The standard InChI is InChI=1S/C23H28Cl2N2O2S/c1-3-12-26-23(29)21(4-2)27(14-17-8-10-19(24)11-9-17)22(28)16-30-15-18-6-5-7-20(25)13-18/h5-11,13,21H,3-4,12,14-16H2,1-2H3,(H,26,29)/t21-/m0/s1. The van der Waals surface area contributed by atoms with Crippen molar-refractivity contribution in [2.45, 2.75) is 45.0 Å². The number of nitrogens with zero attached hydrogens (tertiary/aromatic N) is 1. The Morgan fingerprint density at radius 2 is 1.77 bits per heavy atom. The van der Waals surface area contributed by atoms with E-state index in [0.29, 0.717) is 35.3 Å². The van der Waals surface area contributed by atoms with E-state index in [2.05, 4.69) is 5.32 Å². The molecule has 0 unspecified atom stereocenters. The summed E-state index contributed by atoms with van der Waals surface area (Å²) in [5, 5.41) is 4.25. The molecule has 162 valence electrons. The Hall–Kier alpha value is -1.69. The molecule has 2 aromatic rings. The third kappa shape index (κ3) is 7.86. The second-order valence-corrected chi connectivity index (χ2v) is 8.84. The Bertz CT molecular complexity index is 830. The number of rotatable bonds is 11. The van der Waals surface area contributed by atoms with Crippen LogP contribution in [-0.2, 0) is 21.9 Å². The van der Waals surface area contributed by atoms with Gasteiger partial charge in [0.25, 0.3) is 0 Å². The number of hydrogen-bond acceptors (Lipinski definition) is 3. The minimum atomic E-state index is -0.508. The maximum absolute atomic E-state index is 13.1. The van der Waals surface area contributed by atoms with Gasteiger partial charge >= 0.3 is 0 Å². The number of benzene rings is 2. The Labute approximate surface area is 193 Å². The van der Waals surface area contributed by atoms with Crippen molar-refractivity contribution in [1.82, 2.24) is 10.2 Å². The van der Waals surface area contributed by atoms with Crippen LogP contribution in [0.5, 0.6) is 0 Å².